The summed E-state index contributed by atoms with van der Waals surface area (Å²) in [5.74, 6) is 0.999. The molecule has 4 aromatic heterocycles. The van der Waals surface area contributed by atoms with E-state index in [9.17, 15) is 4.79 Å². The molecular formula is C25H27N9O2. The number of morpholine rings is 1. The van der Waals surface area contributed by atoms with E-state index in [4.69, 9.17) is 10.2 Å². The summed E-state index contributed by atoms with van der Waals surface area (Å²) >= 11 is 0. The lowest BCUT2D eigenvalue weighted by molar-refractivity contribution is -0.117. The van der Waals surface area contributed by atoms with Crippen molar-refractivity contribution in [3.63, 3.8) is 0 Å². The number of aromatic nitrogens is 6. The summed E-state index contributed by atoms with van der Waals surface area (Å²) in [5.41, 5.74) is 2.11. The third kappa shape index (κ3) is 3.53. The van der Waals surface area contributed by atoms with Crippen molar-refractivity contribution < 1.29 is 15.0 Å². The summed E-state index contributed by atoms with van der Waals surface area (Å²) in [6.07, 6.45) is 3.75. The summed E-state index contributed by atoms with van der Waals surface area (Å²) in [6, 6.07) is 5.65. The molecule has 0 unspecified atom stereocenters. The van der Waals surface area contributed by atoms with E-state index in [2.05, 4.69) is 40.8 Å². The Kier molecular flexibility index (Phi) is 3.94. The maximum atomic E-state index is 12.6. The van der Waals surface area contributed by atoms with Gasteiger partial charge in [0.25, 0.3) is 0 Å². The van der Waals surface area contributed by atoms with Crippen LogP contribution in [0.15, 0.2) is 30.6 Å². The minimum absolute atomic E-state index is 0.0481. The molecule has 11 nitrogen and oxygen atoms in total. The Hall–Kier alpha value is -3.86. The quantitative estimate of drug-likeness (QED) is 0.421. The van der Waals surface area contributed by atoms with Crippen LogP contribution in [0.3, 0.4) is 0 Å². The van der Waals surface area contributed by atoms with Crippen LogP contribution in [0.2, 0.25) is 0 Å². The smallest absolute Gasteiger partial charge is 0.228 e. The van der Waals surface area contributed by atoms with E-state index in [1.54, 1.807) is 6.07 Å². The second-order valence-electron chi connectivity index (χ2n) is 9.71. The number of carbonyl (C=O) groups is 1. The van der Waals surface area contributed by atoms with Crippen LogP contribution in [0.5, 0.6) is 0 Å². The Labute approximate surface area is 212 Å². The maximum Gasteiger partial charge on any atom is 0.228 e. The van der Waals surface area contributed by atoms with Crippen molar-refractivity contribution in [1.82, 2.24) is 29.8 Å². The number of nitrogens with one attached hydrogen (secondary N) is 2. The highest BCUT2D eigenvalue weighted by Gasteiger charge is 2.40. The number of hydrogen-bond donors (Lipinski definition) is 2. The first kappa shape index (κ1) is 17.6. The molecule has 0 radical (unpaired) electrons. The fraction of sp³-hybridized carbons (Fsp3) is 0.440. The monoisotopic (exact) mass is 489 g/mol. The molecule has 2 aliphatic heterocycles. The largest absolute Gasteiger partial charge is 0.374 e. The van der Waals surface area contributed by atoms with Gasteiger partial charge >= 0.3 is 0 Å². The molecule has 6 heterocycles. The van der Waals surface area contributed by atoms with E-state index >= 15 is 0 Å². The number of fused-ring (bicyclic) bond motifs is 4. The lowest BCUT2D eigenvalue weighted by atomic mass is 10.1. The number of carbonyl (C=O) groups excluding carboxylic acids is 1. The van der Waals surface area contributed by atoms with Gasteiger partial charge in [0, 0.05) is 40.3 Å². The third-order valence-corrected chi connectivity index (χ3v) is 7.28. The van der Waals surface area contributed by atoms with Gasteiger partial charge in [0.1, 0.15) is 5.52 Å². The van der Waals surface area contributed by atoms with E-state index in [0.29, 0.717) is 40.5 Å². The SMILES string of the molecule is [2H]c1c(N2C[C@@H]3C[C@H]2CO3)ccc2nc(-c3cnc(NCC([2H])([2H])[2H])c4nnc(NC(=O)[C@H]5C[C@H]5C)cc34)nn12. The molecule has 2 bridgehead atoms. The predicted molar refractivity (Wildman–Crippen MR) is 135 cm³/mol. The Morgan fingerprint density at radius 2 is 2.25 bits per heavy atom. The molecule has 2 saturated heterocycles. The molecule has 2 N–H and O–H groups in total. The molecule has 11 heteroatoms. The van der Waals surface area contributed by atoms with Crippen molar-refractivity contribution in [2.45, 2.75) is 38.8 Å². The highest BCUT2D eigenvalue weighted by molar-refractivity contribution is 6.01. The van der Waals surface area contributed by atoms with Crippen LogP contribution in [0, 0.1) is 11.8 Å². The van der Waals surface area contributed by atoms with E-state index in [1.807, 2.05) is 19.1 Å². The molecule has 1 saturated carbocycles. The number of rotatable bonds is 6. The van der Waals surface area contributed by atoms with Gasteiger partial charge in [-0.05, 0) is 43.8 Å². The average Bonchev–Trinajstić information content (AvgIpc) is 3.28. The predicted octanol–water partition coefficient (Wildman–Crippen LogP) is 2.74. The van der Waals surface area contributed by atoms with E-state index < -0.39 is 6.85 Å². The molecule has 4 atom stereocenters. The second-order valence-corrected chi connectivity index (χ2v) is 9.71. The van der Waals surface area contributed by atoms with Crippen molar-refractivity contribution in [3.05, 3.63) is 30.6 Å². The zero-order chi connectivity index (χ0) is 27.8. The first-order chi connectivity index (χ1) is 19.1. The van der Waals surface area contributed by atoms with E-state index in [1.165, 1.54) is 10.7 Å². The second kappa shape index (κ2) is 8.09. The van der Waals surface area contributed by atoms with Gasteiger partial charge < -0.3 is 20.3 Å². The van der Waals surface area contributed by atoms with E-state index in [-0.39, 0.29) is 48.3 Å². The standard InChI is InChI=1S/C25H27N9O2/c1-3-26-24-22-18(8-20(30-31-22)28-25(35)17-6-13(17)2)19(9-27-24)23-29-21-5-4-14(10-34(21)32-23)33-11-16-7-15(33)12-36-16/h4-5,8-10,13,15-17H,3,6-7,11-12H2,1-2H3,(H,26,27)(H,28,30,35)/t13-,15+,16+,17+/m1/s1/i1D3,10D. The van der Waals surface area contributed by atoms with Crippen molar-refractivity contribution in [1.29, 1.82) is 0 Å². The third-order valence-electron chi connectivity index (χ3n) is 7.28. The van der Waals surface area contributed by atoms with Gasteiger partial charge in [-0.15, -0.1) is 15.3 Å². The number of pyridine rings is 2. The van der Waals surface area contributed by atoms with Crippen LogP contribution in [-0.2, 0) is 9.53 Å². The highest BCUT2D eigenvalue weighted by Crippen LogP contribution is 2.39. The van der Waals surface area contributed by atoms with Crippen LogP contribution in [-0.4, -0.2) is 67.5 Å². The van der Waals surface area contributed by atoms with Gasteiger partial charge in [0.2, 0.25) is 5.91 Å². The van der Waals surface area contributed by atoms with Crippen LogP contribution in [0.25, 0.3) is 27.9 Å². The fourth-order valence-electron chi connectivity index (χ4n) is 5.17. The number of anilines is 3. The molecule has 0 spiro atoms. The van der Waals surface area contributed by atoms with Gasteiger partial charge in [0.15, 0.2) is 23.1 Å². The van der Waals surface area contributed by atoms with Crippen molar-refractivity contribution >= 4 is 39.8 Å². The van der Waals surface area contributed by atoms with Gasteiger partial charge in [0.05, 0.1) is 32.0 Å². The molecule has 3 aliphatic rings. The number of hydrogen-bond acceptors (Lipinski definition) is 9. The molecule has 36 heavy (non-hydrogen) atoms. The minimum atomic E-state index is -2.22. The van der Waals surface area contributed by atoms with Crippen LogP contribution in [0.4, 0.5) is 17.3 Å². The van der Waals surface area contributed by atoms with Crippen molar-refractivity contribution in [2.24, 2.45) is 11.8 Å². The van der Waals surface area contributed by atoms with Crippen molar-refractivity contribution in [3.8, 4) is 11.4 Å². The molecule has 7 rings (SSSR count). The summed E-state index contributed by atoms with van der Waals surface area (Å²) in [4.78, 5) is 23.9. The maximum absolute atomic E-state index is 12.6. The molecule has 1 amide bonds. The first-order valence-corrected chi connectivity index (χ1v) is 12.1. The highest BCUT2D eigenvalue weighted by atomic mass is 16.5. The molecule has 3 fully saturated rings. The zero-order valence-electron chi connectivity index (χ0n) is 23.6. The van der Waals surface area contributed by atoms with Crippen LogP contribution >= 0.6 is 0 Å². The zero-order valence-corrected chi connectivity index (χ0v) is 19.6. The molecule has 0 aromatic carbocycles. The molecule has 4 aromatic rings. The van der Waals surface area contributed by atoms with Crippen LogP contribution < -0.4 is 15.5 Å². The topological polar surface area (TPSA) is 122 Å². The first-order valence-electron chi connectivity index (χ1n) is 14.1. The Bertz CT molecular complexity index is 1660. The van der Waals surface area contributed by atoms with Gasteiger partial charge in [-0.2, -0.15) is 0 Å². The van der Waals surface area contributed by atoms with Crippen molar-refractivity contribution in [2.75, 3.05) is 35.2 Å². The number of ether oxygens (including phenoxy) is 1. The summed E-state index contributed by atoms with van der Waals surface area (Å²) < 4.78 is 38.7. The Morgan fingerprint density at radius 3 is 3.03 bits per heavy atom. The molecule has 1 aliphatic carbocycles. The fourth-order valence-corrected chi connectivity index (χ4v) is 5.17. The Balaban J connectivity index is 1.29. The average molecular weight is 490 g/mol. The van der Waals surface area contributed by atoms with Crippen LogP contribution in [0.1, 0.15) is 32.1 Å². The number of amides is 1. The summed E-state index contributed by atoms with van der Waals surface area (Å²) in [7, 11) is 0. The Morgan fingerprint density at radius 1 is 1.33 bits per heavy atom. The summed E-state index contributed by atoms with van der Waals surface area (Å²) in [6.45, 7) is 0.891. The number of nitrogens with zero attached hydrogens (tertiary/aromatic N) is 7. The summed E-state index contributed by atoms with van der Waals surface area (Å²) in [5, 5.41) is 19.3. The normalized spacial score (nSPS) is 26.5. The van der Waals surface area contributed by atoms with Gasteiger partial charge in [-0.3, -0.25) is 4.79 Å². The van der Waals surface area contributed by atoms with E-state index in [0.717, 1.165) is 25.1 Å². The van der Waals surface area contributed by atoms with Gasteiger partial charge in [-0.1, -0.05) is 6.92 Å². The lowest BCUT2D eigenvalue weighted by Crippen LogP contribution is -2.37. The minimum Gasteiger partial charge on any atom is -0.374 e. The molecule has 184 valence electrons. The molecular weight excluding hydrogens is 458 g/mol. The van der Waals surface area contributed by atoms with Gasteiger partial charge in [-0.25, -0.2) is 14.5 Å². The lowest BCUT2D eigenvalue weighted by Gasteiger charge is -2.28.